The van der Waals surface area contributed by atoms with Gasteiger partial charge in [0.2, 0.25) is 0 Å². The lowest BCUT2D eigenvalue weighted by molar-refractivity contribution is 0.102. The van der Waals surface area contributed by atoms with Gasteiger partial charge in [-0.05, 0) is 49.6 Å². The molecule has 4 aromatic rings. The highest BCUT2D eigenvalue weighted by Crippen LogP contribution is 2.42. The molecular formula is C23H21ClF2N8O. The van der Waals surface area contributed by atoms with Crippen molar-refractivity contribution in [3.63, 3.8) is 0 Å². The van der Waals surface area contributed by atoms with Crippen molar-refractivity contribution in [3.05, 3.63) is 60.1 Å². The molecule has 12 heteroatoms. The molecule has 1 saturated heterocycles. The molecule has 9 nitrogen and oxygen atoms in total. The molecule has 0 spiro atoms. The summed E-state index contributed by atoms with van der Waals surface area (Å²) in [6.45, 7) is 0.994. The maximum absolute atomic E-state index is 15.3. The summed E-state index contributed by atoms with van der Waals surface area (Å²) in [5.74, 6) is -0.987. The lowest BCUT2D eigenvalue weighted by atomic mass is 10.1. The number of carbonyl (C=O) groups excluding carboxylic acids is 1. The maximum Gasteiger partial charge on any atom is 0.256 e. The van der Waals surface area contributed by atoms with Crippen molar-refractivity contribution in [1.29, 1.82) is 0 Å². The Hall–Kier alpha value is -3.70. The molecule has 4 heterocycles. The van der Waals surface area contributed by atoms with E-state index in [0.29, 0.717) is 22.6 Å². The first kappa shape index (κ1) is 23.1. The van der Waals surface area contributed by atoms with Crippen molar-refractivity contribution in [1.82, 2.24) is 30.0 Å². The predicted octanol–water partition coefficient (Wildman–Crippen LogP) is 3.35. The minimum Gasteiger partial charge on any atom is -0.383 e. The Morgan fingerprint density at radius 3 is 2.71 bits per heavy atom. The Balaban J connectivity index is 0.00000253. The zero-order chi connectivity index (χ0) is 23.4. The molecule has 1 aromatic carbocycles. The number of rotatable bonds is 4. The van der Waals surface area contributed by atoms with Crippen LogP contribution in [0.15, 0.2) is 42.9 Å². The van der Waals surface area contributed by atoms with E-state index in [1.807, 2.05) is 4.68 Å². The fourth-order valence-electron chi connectivity index (χ4n) is 5.02. The van der Waals surface area contributed by atoms with E-state index in [9.17, 15) is 9.18 Å². The Kier molecular flexibility index (Phi) is 5.81. The third-order valence-corrected chi connectivity index (χ3v) is 6.58. The number of amides is 1. The van der Waals surface area contributed by atoms with E-state index in [0.717, 1.165) is 37.6 Å². The predicted molar refractivity (Wildman–Crippen MR) is 128 cm³/mol. The SMILES string of the molecule is Cl.Nc1ncnc2c1c(-c1ccc(C(=O)Nc3cc(F)ccn3)cc1F)nn2[C@H]1C[C@@H]2CN[C@H]1C2. The zero-order valence-corrected chi connectivity index (χ0v) is 19.1. The Morgan fingerprint density at radius 2 is 2.00 bits per heavy atom. The van der Waals surface area contributed by atoms with Crippen molar-refractivity contribution in [2.75, 3.05) is 17.6 Å². The fourth-order valence-corrected chi connectivity index (χ4v) is 5.02. The summed E-state index contributed by atoms with van der Waals surface area (Å²) >= 11 is 0. The van der Waals surface area contributed by atoms with E-state index in [1.54, 1.807) is 0 Å². The number of benzene rings is 1. The third kappa shape index (κ3) is 3.96. The molecule has 3 atom stereocenters. The van der Waals surface area contributed by atoms with Gasteiger partial charge in [-0.2, -0.15) is 5.10 Å². The van der Waals surface area contributed by atoms with Crippen molar-refractivity contribution >= 4 is 41.0 Å². The van der Waals surface area contributed by atoms with Crippen LogP contribution >= 0.6 is 12.4 Å². The van der Waals surface area contributed by atoms with Gasteiger partial charge in [0, 0.05) is 29.4 Å². The number of carbonyl (C=O) groups is 1. The Labute approximate surface area is 204 Å². The number of anilines is 2. The molecule has 1 saturated carbocycles. The number of nitrogens with one attached hydrogen (secondary N) is 2. The van der Waals surface area contributed by atoms with Gasteiger partial charge in [-0.25, -0.2) is 28.4 Å². The van der Waals surface area contributed by atoms with Crippen LogP contribution in [0.1, 0.15) is 29.2 Å². The number of piperidine rings is 1. The first-order valence-electron chi connectivity index (χ1n) is 10.9. The van der Waals surface area contributed by atoms with Crippen LogP contribution in [-0.2, 0) is 0 Å². The normalized spacial score (nSPS) is 20.7. The molecule has 3 aromatic heterocycles. The second-order valence-corrected chi connectivity index (χ2v) is 8.68. The molecule has 2 aliphatic rings. The van der Waals surface area contributed by atoms with Gasteiger partial charge in [0.15, 0.2) is 5.65 Å². The van der Waals surface area contributed by atoms with Crippen LogP contribution in [0.5, 0.6) is 0 Å². The highest BCUT2D eigenvalue weighted by Gasteiger charge is 2.42. The number of halogens is 3. The smallest absolute Gasteiger partial charge is 0.256 e. The lowest BCUT2D eigenvalue weighted by Crippen LogP contribution is -2.35. The van der Waals surface area contributed by atoms with Gasteiger partial charge in [-0.1, -0.05) is 0 Å². The summed E-state index contributed by atoms with van der Waals surface area (Å²) in [5.41, 5.74) is 7.28. The summed E-state index contributed by atoms with van der Waals surface area (Å²) < 4.78 is 30.5. The number of nitrogens with two attached hydrogens (primary N) is 1. The molecule has 1 aliphatic carbocycles. The molecule has 2 bridgehead atoms. The van der Waals surface area contributed by atoms with Crippen molar-refractivity contribution in [2.45, 2.75) is 24.9 Å². The highest BCUT2D eigenvalue weighted by molar-refractivity contribution is 6.04. The number of aromatic nitrogens is 5. The van der Waals surface area contributed by atoms with Crippen LogP contribution in [0.3, 0.4) is 0 Å². The standard InChI is InChI=1S/C23H20F2N8O.ClH/c24-13-3-4-27-18(8-13)31-23(34)12-1-2-14(15(25)7-12)20-19-21(26)29-10-30-22(19)33(32-20)17-6-11-5-16(17)28-9-11;/h1-4,7-8,10-11,16-17,28H,5-6,9H2,(H2,26,29,30)(H,27,31,34);1H/t11-,16+,17+;/m1./s1. The first-order valence-corrected chi connectivity index (χ1v) is 10.9. The molecule has 180 valence electrons. The summed E-state index contributed by atoms with van der Waals surface area (Å²) in [4.78, 5) is 24.9. The lowest BCUT2D eigenvalue weighted by Gasteiger charge is -2.23. The minimum absolute atomic E-state index is 0. The van der Waals surface area contributed by atoms with Crippen LogP contribution in [-0.4, -0.2) is 43.2 Å². The van der Waals surface area contributed by atoms with Gasteiger partial charge in [-0.15, -0.1) is 12.4 Å². The van der Waals surface area contributed by atoms with Gasteiger partial charge >= 0.3 is 0 Å². The second kappa shape index (κ2) is 8.82. The fraction of sp³-hybridized carbons (Fsp3) is 0.261. The number of hydrogen-bond acceptors (Lipinski definition) is 7. The Bertz CT molecular complexity index is 1440. The molecule has 1 aliphatic heterocycles. The van der Waals surface area contributed by atoms with Crippen LogP contribution < -0.4 is 16.4 Å². The average molecular weight is 499 g/mol. The van der Waals surface area contributed by atoms with Crippen molar-refractivity contribution in [3.8, 4) is 11.3 Å². The molecule has 0 radical (unpaired) electrons. The van der Waals surface area contributed by atoms with Gasteiger partial charge in [0.05, 0.1) is 11.4 Å². The van der Waals surface area contributed by atoms with E-state index in [2.05, 4.69) is 25.6 Å². The van der Waals surface area contributed by atoms with Gasteiger partial charge in [-0.3, -0.25) is 4.79 Å². The van der Waals surface area contributed by atoms with E-state index >= 15 is 4.39 Å². The number of nitrogens with zero attached hydrogens (tertiary/aromatic N) is 5. The molecule has 1 amide bonds. The number of nitrogen functional groups attached to an aromatic ring is 1. The topological polar surface area (TPSA) is 124 Å². The average Bonchev–Trinajstić information content (AvgIpc) is 3.54. The molecule has 4 N–H and O–H groups in total. The third-order valence-electron chi connectivity index (χ3n) is 6.58. The first-order chi connectivity index (χ1) is 16.5. The molecule has 0 unspecified atom stereocenters. The van der Waals surface area contributed by atoms with Gasteiger partial charge in [0.25, 0.3) is 5.91 Å². The zero-order valence-electron chi connectivity index (χ0n) is 18.3. The quantitative estimate of drug-likeness (QED) is 0.394. The van der Waals surface area contributed by atoms with E-state index in [-0.39, 0.29) is 47.3 Å². The summed E-state index contributed by atoms with van der Waals surface area (Å²) in [7, 11) is 0. The number of fused-ring (bicyclic) bond motifs is 3. The van der Waals surface area contributed by atoms with Crippen LogP contribution in [0.4, 0.5) is 20.4 Å². The Morgan fingerprint density at radius 1 is 1.14 bits per heavy atom. The van der Waals surface area contributed by atoms with E-state index in [4.69, 9.17) is 10.8 Å². The monoisotopic (exact) mass is 498 g/mol. The van der Waals surface area contributed by atoms with Crippen molar-refractivity contribution < 1.29 is 13.6 Å². The van der Waals surface area contributed by atoms with Crippen molar-refractivity contribution in [2.24, 2.45) is 5.92 Å². The molecule has 2 fully saturated rings. The largest absolute Gasteiger partial charge is 0.383 e. The van der Waals surface area contributed by atoms with Gasteiger partial charge < -0.3 is 16.4 Å². The second-order valence-electron chi connectivity index (χ2n) is 8.68. The number of pyridine rings is 1. The summed E-state index contributed by atoms with van der Waals surface area (Å²) in [5, 5.41) is 11.2. The molecule has 6 rings (SSSR count). The highest BCUT2D eigenvalue weighted by atomic mass is 35.5. The van der Waals surface area contributed by atoms with Crippen LogP contribution in [0, 0.1) is 17.6 Å². The van der Waals surface area contributed by atoms with Crippen LogP contribution in [0.2, 0.25) is 0 Å². The number of hydrogen-bond donors (Lipinski definition) is 3. The molecule has 35 heavy (non-hydrogen) atoms. The van der Waals surface area contributed by atoms with Crippen LogP contribution in [0.25, 0.3) is 22.3 Å². The maximum atomic E-state index is 15.3. The van der Waals surface area contributed by atoms with E-state index < -0.39 is 17.5 Å². The summed E-state index contributed by atoms with van der Waals surface area (Å²) in [6, 6.07) is 6.66. The minimum atomic E-state index is -0.652. The van der Waals surface area contributed by atoms with E-state index in [1.165, 1.54) is 24.7 Å². The summed E-state index contributed by atoms with van der Waals surface area (Å²) in [6.07, 6.45) is 4.65. The van der Waals surface area contributed by atoms with Gasteiger partial charge in [0.1, 0.15) is 35.3 Å². The molecular weight excluding hydrogens is 478 g/mol.